The van der Waals surface area contributed by atoms with Gasteiger partial charge in [-0.2, -0.15) is 0 Å². The number of hydrogen-bond acceptors (Lipinski definition) is 2. The van der Waals surface area contributed by atoms with Crippen LogP contribution in [0.1, 0.15) is 47.9 Å². The quantitative estimate of drug-likeness (QED) is 0.800. The predicted molar refractivity (Wildman–Crippen MR) is 102 cm³/mol. The second-order valence-electron chi connectivity index (χ2n) is 7.07. The SMILES string of the molecule is CCNC1CCc2ccc(CCCN)cc2C1Cc1cccc(F)c1. The molecule has 3 rings (SSSR count). The third kappa shape index (κ3) is 4.47. The molecular weight excluding hydrogens is 311 g/mol. The fourth-order valence-electron chi connectivity index (χ4n) is 4.08. The molecule has 1 aliphatic rings. The molecule has 1 aliphatic carbocycles. The van der Waals surface area contributed by atoms with Crippen LogP contribution in [0.3, 0.4) is 0 Å². The first-order chi connectivity index (χ1) is 12.2. The highest BCUT2D eigenvalue weighted by Crippen LogP contribution is 2.35. The number of benzene rings is 2. The Hall–Kier alpha value is -1.71. The summed E-state index contributed by atoms with van der Waals surface area (Å²) < 4.78 is 13.6. The third-order valence-corrected chi connectivity index (χ3v) is 5.30. The van der Waals surface area contributed by atoms with Gasteiger partial charge in [0.25, 0.3) is 0 Å². The zero-order valence-electron chi connectivity index (χ0n) is 15.1. The highest BCUT2D eigenvalue weighted by Gasteiger charge is 2.29. The Balaban J connectivity index is 1.91. The van der Waals surface area contributed by atoms with Gasteiger partial charge >= 0.3 is 0 Å². The molecule has 2 aromatic rings. The summed E-state index contributed by atoms with van der Waals surface area (Å²) >= 11 is 0. The van der Waals surface area contributed by atoms with Crippen molar-refractivity contribution in [1.82, 2.24) is 5.32 Å². The van der Waals surface area contributed by atoms with E-state index in [1.165, 1.54) is 22.8 Å². The Morgan fingerprint density at radius 1 is 1.16 bits per heavy atom. The zero-order valence-corrected chi connectivity index (χ0v) is 15.1. The molecule has 0 bridgehead atoms. The minimum absolute atomic E-state index is 0.148. The summed E-state index contributed by atoms with van der Waals surface area (Å²) in [5.74, 6) is 0.244. The predicted octanol–water partition coefficient (Wildman–Crippen LogP) is 3.97. The van der Waals surface area contributed by atoms with Crippen LogP contribution in [0.2, 0.25) is 0 Å². The molecule has 3 heteroatoms. The summed E-state index contributed by atoms with van der Waals surface area (Å²) in [6.07, 6.45) is 5.18. The van der Waals surface area contributed by atoms with Crippen molar-refractivity contribution in [2.45, 2.75) is 51.0 Å². The van der Waals surface area contributed by atoms with E-state index in [9.17, 15) is 4.39 Å². The number of halogens is 1. The van der Waals surface area contributed by atoms with E-state index in [0.29, 0.717) is 12.0 Å². The van der Waals surface area contributed by atoms with Crippen molar-refractivity contribution in [2.75, 3.05) is 13.1 Å². The highest BCUT2D eigenvalue weighted by atomic mass is 19.1. The normalized spacial score (nSPS) is 19.6. The highest BCUT2D eigenvalue weighted by molar-refractivity contribution is 5.39. The van der Waals surface area contributed by atoms with Crippen LogP contribution in [0, 0.1) is 5.82 Å². The van der Waals surface area contributed by atoms with Crippen molar-refractivity contribution in [1.29, 1.82) is 0 Å². The topological polar surface area (TPSA) is 38.0 Å². The van der Waals surface area contributed by atoms with Crippen LogP contribution < -0.4 is 11.1 Å². The maximum Gasteiger partial charge on any atom is 0.123 e. The van der Waals surface area contributed by atoms with E-state index in [1.54, 1.807) is 6.07 Å². The number of aryl methyl sites for hydroxylation is 2. The molecule has 3 N–H and O–H groups in total. The molecule has 2 aromatic carbocycles. The molecule has 2 atom stereocenters. The summed E-state index contributed by atoms with van der Waals surface area (Å²) in [5, 5.41) is 3.66. The molecule has 134 valence electrons. The first kappa shape index (κ1) is 18.1. The lowest BCUT2D eigenvalue weighted by molar-refractivity contribution is 0.391. The van der Waals surface area contributed by atoms with E-state index in [0.717, 1.165) is 50.8 Å². The van der Waals surface area contributed by atoms with Crippen LogP contribution in [0.5, 0.6) is 0 Å². The molecule has 0 spiro atoms. The first-order valence-electron chi connectivity index (χ1n) is 9.51. The number of nitrogens with two attached hydrogens (primary N) is 1. The smallest absolute Gasteiger partial charge is 0.123 e. The molecule has 0 aliphatic heterocycles. The summed E-state index contributed by atoms with van der Waals surface area (Å²) in [7, 11) is 0. The minimum Gasteiger partial charge on any atom is -0.330 e. The molecule has 2 unspecified atom stereocenters. The van der Waals surface area contributed by atoms with Crippen molar-refractivity contribution in [2.24, 2.45) is 5.73 Å². The van der Waals surface area contributed by atoms with Crippen LogP contribution in [-0.2, 0) is 19.3 Å². The standard InChI is InChI=1S/C22H29FN2/c1-2-25-22-11-10-18-9-8-16(6-4-12-24)14-20(18)21(22)15-17-5-3-7-19(23)13-17/h3,5,7-9,13-14,21-22,25H,2,4,6,10-12,15,24H2,1H3. The van der Waals surface area contributed by atoms with E-state index in [1.807, 2.05) is 12.1 Å². The lowest BCUT2D eigenvalue weighted by atomic mass is 9.75. The summed E-state index contributed by atoms with van der Waals surface area (Å²) in [6, 6.07) is 14.4. The largest absolute Gasteiger partial charge is 0.330 e. The van der Waals surface area contributed by atoms with Crippen molar-refractivity contribution in [3.63, 3.8) is 0 Å². The van der Waals surface area contributed by atoms with Crippen molar-refractivity contribution in [3.8, 4) is 0 Å². The van der Waals surface area contributed by atoms with E-state index >= 15 is 0 Å². The van der Waals surface area contributed by atoms with Gasteiger partial charge in [-0.1, -0.05) is 37.3 Å². The Labute approximate surface area is 150 Å². The molecule has 25 heavy (non-hydrogen) atoms. The summed E-state index contributed by atoms with van der Waals surface area (Å²) in [4.78, 5) is 0. The van der Waals surface area contributed by atoms with Gasteiger partial charge in [0.1, 0.15) is 5.82 Å². The van der Waals surface area contributed by atoms with Crippen LogP contribution in [0.25, 0.3) is 0 Å². The van der Waals surface area contributed by atoms with Gasteiger partial charge in [0.05, 0.1) is 0 Å². The van der Waals surface area contributed by atoms with E-state index in [-0.39, 0.29) is 5.82 Å². The fraction of sp³-hybridized carbons (Fsp3) is 0.455. The van der Waals surface area contributed by atoms with Gasteiger partial charge in [-0.25, -0.2) is 4.39 Å². The average molecular weight is 340 g/mol. The maximum absolute atomic E-state index is 13.6. The van der Waals surface area contributed by atoms with Crippen molar-refractivity contribution < 1.29 is 4.39 Å². The fourth-order valence-corrected chi connectivity index (χ4v) is 4.08. The van der Waals surface area contributed by atoms with Crippen LogP contribution in [-0.4, -0.2) is 19.1 Å². The van der Waals surface area contributed by atoms with Crippen LogP contribution in [0.15, 0.2) is 42.5 Å². The first-order valence-corrected chi connectivity index (χ1v) is 9.51. The van der Waals surface area contributed by atoms with Gasteiger partial charge in [-0.15, -0.1) is 0 Å². The second-order valence-corrected chi connectivity index (χ2v) is 7.07. The van der Waals surface area contributed by atoms with Crippen molar-refractivity contribution in [3.05, 3.63) is 70.5 Å². The molecule has 0 saturated heterocycles. The van der Waals surface area contributed by atoms with Gasteiger partial charge in [0.2, 0.25) is 0 Å². The third-order valence-electron chi connectivity index (χ3n) is 5.30. The molecule has 0 heterocycles. The van der Waals surface area contributed by atoms with Gasteiger partial charge in [0, 0.05) is 12.0 Å². The van der Waals surface area contributed by atoms with Crippen LogP contribution in [0.4, 0.5) is 4.39 Å². The molecular formula is C22H29FN2. The van der Waals surface area contributed by atoms with E-state index in [4.69, 9.17) is 5.73 Å². The second kappa shape index (κ2) is 8.59. The van der Waals surface area contributed by atoms with Gasteiger partial charge in [-0.3, -0.25) is 0 Å². The zero-order chi connectivity index (χ0) is 17.6. The summed E-state index contributed by atoms with van der Waals surface area (Å²) in [6.45, 7) is 3.85. The lowest BCUT2D eigenvalue weighted by Crippen LogP contribution is -2.39. The lowest BCUT2D eigenvalue weighted by Gasteiger charge is -2.35. The summed E-state index contributed by atoms with van der Waals surface area (Å²) in [5.41, 5.74) is 11.0. The molecule has 2 nitrogen and oxygen atoms in total. The monoisotopic (exact) mass is 340 g/mol. The number of hydrogen-bond donors (Lipinski definition) is 2. The number of nitrogens with one attached hydrogen (secondary N) is 1. The van der Waals surface area contributed by atoms with Gasteiger partial charge in [-0.05, 0) is 79.6 Å². The number of likely N-dealkylation sites (N-methyl/N-ethyl adjacent to an activating group) is 1. The average Bonchev–Trinajstić information content (AvgIpc) is 2.62. The van der Waals surface area contributed by atoms with Crippen molar-refractivity contribution >= 4 is 0 Å². The molecule has 0 radical (unpaired) electrons. The minimum atomic E-state index is -0.148. The Bertz CT molecular complexity index is 698. The Morgan fingerprint density at radius 3 is 2.80 bits per heavy atom. The molecule has 0 amide bonds. The molecule has 0 fully saturated rings. The van der Waals surface area contributed by atoms with Crippen LogP contribution >= 0.6 is 0 Å². The van der Waals surface area contributed by atoms with Gasteiger partial charge < -0.3 is 11.1 Å². The van der Waals surface area contributed by atoms with Gasteiger partial charge in [0.15, 0.2) is 0 Å². The molecule has 0 aromatic heterocycles. The van der Waals surface area contributed by atoms with E-state index in [2.05, 4.69) is 30.4 Å². The Kier molecular flexibility index (Phi) is 6.22. The van der Waals surface area contributed by atoms with E-state index < -0.39 is 0 Å². The number of fused-ring (bicyclic) bond motifs is 1. The number of rotatable bonds is 7. The Morgan fingerprint density at radius 2 is 2.04 bits per heavy atom. The maximum atomic E-state index is 13.6. The molecule has 0 saturated carbocycles.